The number of fused-ring (bicyclic) bond motifs is 1. The molecule has 0 unspecified atom stereocenters. The Labute approximate surface area is 124 Å². The quantitative estimate of drug-likeness (QED) is 0.702. The molecule has 0 bridgehead atoms. The van der Waals surface area contributed by atoms with Crippen molar-refractivity contribution in [3.8, 4) is 11.4 Å². The molecule has 21 heavy (non-hydrogen) atoms. The van der Waals surface area contributed by atoms with Gasteiger partial charge in [0.25, 0.3) is 0 Å². The molecular formula is C17H19N3O. The maximum Gasteiger partial charge on any atom is 0.226 e. The van der Waals surface area contributed by atoms with Gasteiger partial charge < -0.3 is 10.3 Å². The summed E-state index contributed by atoms with van der Waals surface area (Å²) in [4.78, 5) is 4.48. The maximum atomic E-state index is 5.48. The van der Waals surface area contributed by atoms with Crippen molar-refractivity contribution in [2.75, 3.05) is 6.54 Å². The van der Waals surface area contributed by atoms with Crippen LogP contribution in [-0.4, -0.2) is 16.7 Å². The molecule has 0 fully saturated rings. The highest BCUT2D eigenvalue weighted by atomic mass is 16.5. The van der Waals surface area contributed by atoms with E-state index >= 15 is 0 Å². The maximum absolute atomic E-state index is 5.48. The number of rotatable bonds is 6. The average Bonchev–Trinajstić information content (AvgIpc) is 3.00. The van der Waals surface area contributed by atoms with E-state index < -0.39 is 0 Å². The first kappa shape index (κ1) is 13.8. The van der Waals surface area contributed by atoms with Crippen LogP contribution in [0, 0.1) is 0 Å². The van der Waals surface area contributed by atoms with E-state index in [4.69, 9.17) is 10.3 Å². The summed E-state index contributed by atoms with van der Waals surface area (Å²) in [5.74, 6) is 1.37. The molecule has 0 saturated heterocycles. The topological polar surface area (TPSA) is 64.9 Å². The van der Waals surface area contributed by atoms with Gasteiger partial charge in [-0.2, -0.15) is 4.98 Å². The molecular weight excluding hydrogens is 262 g/mol. The number of hydrogen-bond acceptors (Lipinski definition) is 4. The number of aryl methyl sites for hydroxylation is 1. The van der Waals surface area contributed by atoms with Gasteiger partial charge in [0, 0.05) is 12.0 Å². The lowest BCUT2D eigenvalue weighted by molar-refractivity contribution is 0.374. The molecule has 1 aromatic heterocycles. The van der Waals surface area contributed by atoms with Gasteiger partial charge in [-0.1, -0.05) is 48.0 Å². The predicted molar refractivity (Wildman–Crippen MR) is 83.8 cm³/mol. The fraction of sp³-hybridized carbons (Fsp3) is 0.294. The zero-order chi connectivity index (χ0) is 14.5. The van der Waals surface area contributed by atoms with Crippen molar-refractivity contribution in [2.45, 2.75) is 25.7 Å². The van der Waals surface area contributed by atoms with Crippen molar-refractivity contribution in [3.05, 3.63) is 48.4 Å². The summed E-state index contributed by atoms with van der Waals surface area (Å²) in [5.41, 5.74) is 6.47. The van der Waals surface area contributed by atoms with Gasteiger partial charge in [0.1, 0.15) is 0 Å². The van der Waals surface area contributed by atoms with E-state index in [1.165, 1.54) is 10.8 Å². The van der Waals surface area contributed by atoms with Gasteiger partial charge in [-0.05, 0) is 36.2 Å². The Morgan fingerprint density at radius 3 is 2.67 bits per heavy atom. The molecule has 2 N–H and O–H groups in total. The minimum atomic E-state index is 0.662. The third-order valence-corrected chi connectivity index (χ3v) is 3.57. The number of unbranched alkanes of at least 4 members (excludes halogenated alkanes) is 2. The van der Waals surface area contributed by atoms with Crippen LogP contribution >= 0.6 is 0 Å². The Bertz CT molecular complexity index is 721. The van der Waals surface area contributed by atoms with Gasteiger partial charge in [-0.15, -0.1) is 0 Å². The van der Waals surface area contributed by atoms with Crippen LogP contribution in [0.4, 0.5) is 0 Å². The molecule has 0 aliphatic heterocycles. The Morgan fingerprint density at radius 2 is 1.81 bits per heavy atom. The summed E-state index contributed by atoms with van der Waals surface area (Å²) in [6.07, 6.45) is 4.01. The van der Waals surface area contributed by atoms with Crippen LogP contribution in [0.25, 0.3) is 22.2 Å². The van der Waals surface area contributed by atoms with E-state index in [2.05, 4.69) is 34.4 Å². The molecule has 0 radical (unpaired) electrons. The van der Waals surface area contributed by atoms with Crippen molar-refractivity contribution < 1.29 is 4.52 Å². The third kappa shape index (κ3) is 3.28. The second-order valence-corrected chi connectivity index (χ2v) is 5.17. The lowest BCUT2D eigenvalue weighted by atomic mass is 10.1. The van der Waals surface area contributed by atoms with Crippen molar-refractivity contribution in [1.82, 2.24) is 10.1 Å². The number of benzene rings is 2. The minimum absolute atomic E-state index is 0.662. The van der Waals surface area contributed by atoms with Crippen molar-refractivity contribution >= 4 is 10.8 Å². The summed E-state index contributed by atoms with van der Waals surface area (Å²) in [6.45, 7) is 0.742. The average molecular weight is 281 g/mol. The van der Waals surface area contributed by atoms with Crippen LogP contribution in [0.1, 0.15) is 25.2 Å². The molecule has 4 nitrogen and oxygen atoms in total. The molecule has 4 heteroatoms. The largest absolute Gasteiger partial charge is 0.339 e. The first-order valence-electron chi connectivity index (χ1n) is 7.38. The second-order valence-electron chi connectivity index (χ2n) is 5.17. The molecule has 3 rings (SSSR count). The normalized spacial score (nSPS) is 11.1. The van der Waals surface area contributed by atoms with Crippen molar-refractivity contribution in [2.24, 2.45) is 5.73 Å². The fourth-order valence-electron chi connectivity index (χ4n) is 2.40. The standard InChI is InChI=1S/C17H19N3O/c18-11-5-1-2-8-16-19-17(20-21-16)15-10-9-13-6-3-4-7-14(13)12-15/h3-4,6-7,9-10,12H,1-2,5,8,11,18H2. The van der Waals surface area contributed by atoms with Crippen LogP contribution in [-0.2, 0) is 6.42 Å². The lowest BCUT2D eigenvalue weighted by Gasteiger charge is -1.99. The molecule has 108 valence electrons. The van der Waals surface area contributed by atoms with Gasteiger partial charge in [0.05, 0.1) is 0 Å². The van der Waals surface area contributed by atoms with E-state index in [1.54, 1.807) is 0 Å². The zero-order valence-corrected chi connectivity index (χ0v) is 12.0. The first-order valence-corrected chi connectivity index (χ1v) is 7.38. The summed E-state index contributed by atoms with van der Waals surface area (Å²) >= 11 is 0. The van der Waals surface area contributed by atoms with Crippen LogP contribution in [0.15, 0.2) is 47.0 Å². The first-order chi connectivity index (χ1) is 10.4. The zero-order valence-electron chi connectivity index (χ0n) is 12.0. The van der Waals surface area contributed by atoms with Gasteiger partial charge in [0.2, 0.25) is 11.7 Å². The number of nitrogens with zero attached hydrogens (tertiary/aromatic N) is 2. The summed E-state index contributed by atoms with van der Waals surface area (Å²) < 4.78 is 5.32. The number of nitrogens with two attached hydrogens (primary N) is 1. The molecule has 2 aromatic carbocycles. The van der Waals surface area contributed by atoms with E-state index in [0.29, 0.717) is 11.7 Å². The monoisotopic (exact) mass is 281 g/mol. The predicted octanol–water partition coefficient (Wildman–Crippen LogP) is 3.56. The summed E-state index contributed by atoms with van der Waals surface area (Å²) in [7, 11) is 0. The van der Waals surface area contributed by atoms with Crippen LogP contribution in [0.2, 0.25) is 0 Å². The molecule has 3 aromatic rings. The Kier molecular flexibility index (Phi) is 4.26. The second kappa shape index (κ2) is 6.50. The molecule has 0 spiro atoms. The highest BCUT2D eigenvalue weighted by molar-refractivity contribution is 5.86. The lowest BCUT2D eigenvalue weighted by Crippen LogP contribution is -1.98. The molecule has 0 saturated carbocycles. The molecule has 0 amide bonds. The van der Waals surface area contributed by atoms with E-state index in [-0.39, 0.29) is 0 Å². The van der Waals surface area contributed by atoms with E-state index in [1.807, 2.05) is 18.2 Å². The summed E-state index contributed by atoms with van der Waals surface area (Å²) in [5, 5.41) is 6.48. The minimum Gasteiger partial charge on any atom is -0.339 e. The molecule has 1 heterocycles. The Hall–Kier alpha value is -2.20. The highest BCUT2D eigenvalue weighted by Crippen LogP contribution is 2.22. The Balaban J connectivity index is 1.75. The van der Waals surface area contributed by atoms with Gasteiger partial charge >= 0.3 is 0 Å². The smallest absolute Gasteiger partial charge is 0.226 e. The molecule has 0 atom stereocenters. The fourth-order valence-corrected chi connectivity index (χ4v) is 2.40. The van der Waals surface area contributed by atoms with E-state index in [0.717, 1.165) is 37.8 Å². The van der Waals surface area contributed by atoms with Crippen molar-refractivity contribution in [3.63, 3.8) is 0 Å². The highest BCUT2D eigenvalue weighted by Gasteiger charge is 2.08. The molecule has 0 aliphatic carbocycles. The van der Waals surface area contributed by atoms with Crippen LogP contribution < -0.4 is 5.73 Å². The van der Waals surface area contributed by atoms with Gasteiger partial charge in [-0.3, -0.25) is 0 Å². The van der Waals surface area contributed by atoms with Crippen molar-refractivity contribution in [1.29, 1.82) is 0 Å². The van der Waals surface area contributed by atoms with Gasteiger partial charge in [-0.25, -0.2) is 0 Å². The number of hydrogen-bond donors (Lipinski definition) is 1. The van der Waals surface area contributed by atoms with Gasteiger partial charge in [0.15, 0.2) is 0 Å². The SMILES string of the molecule is NCCCCCc1nc(-c2ccc3ccccc3c2)no1. The molecule has 0 aliphatic rings. The van der Waals surface area contributed by atoms with Crippen LogP contribution in [0.5, 0.6) is 0 Å². The van der Waals surface area contributed by atoms with Crippen LogP contribution in [0.3, 0.4) is 0 Å². The van der Waals surface area contributed by atoms with E-state index in [9.17, 15) is 0 Å². The number of aromatic nitrogens is 2. The summed E-state index contributed by atoms with van der Waals surface area (Å²) in [6, 6.07) is 14.5. The third-order valence-electron chi connectivity index (χ3n) is 3.57. The Morgan fingerprint density at radius 1 is 0.952 bits per heavy atom.